The van der Waals surface area contributed by atoms with Crippen LogP contribution in [0.3, 0.4) is 0 Å². The molecule has 0 N–H and O–H groups in total. The molecule has 3 nitrogen and oxygen atoms in total. The van der Waals surface area contributed by atoms with Crippen LogP contribution < -0.4 is 0 Å². The summed E-state index contributed by atoms with van der Waals surface area (Å²) < 4.78 is 25.3. The number of hydrogen-bond acceptors (Lipinski definition) is 2. The molecule has 1 heterocycles. The lowest BCUT2D eigenvalue weighted by Crippen LogP contribution is -2.50. The third kappa shape index (κ3) is 3.41. The standard InChI is InChI=1S/C10H18F2N2O/c1-13(2)7-9(15)14-6-4-3-5-8(14)10(11)12/h8,10H,3-7H2,1-2H3/t8-/m0/s1. The molecule has 5 heteroatoms. The van der Waals surface area contributed by atoms with Gasteiger partial charge in [0.15, 0.2) is 0 Å². The van der Waals surface area contributed by atoms with Gasteiger partial charge in [-0.1, -0.05) is 0 Å². The molecule has 1 rings (SSSR count). The molecule has 1 saturated heterocycles. The van der Waals surface area contributed by atoms with E-state index in [1.54, 1.807) is 19.0 Å². The van der Waals surface area contributed by atoms with Crippen LogP contribution in [-0.4, -0.2) is 55.4 Å². The number of halogens is 2. The van der Waals surface area contributed by atoms with E-state index in [9.17, 15) is 13.6 Å². The van der Waals surface area contributed by atoms with Crippen LogP contribution in [0.5, 0.6) is 0 Å². The smallest absolute Gasteiger partial charge is 0.258 e. The Morgan fingerprint density at radius 1 is 1.47 bits per heavy atom. The Hall–Kier alpha value is -0.710. The quantitative estimate of drug-likeness (QED) is 0.713. The van der Waals surface area contributed by atoms with Gasteiger partial charge in [0.05, 0.1) is 12.6 Å². The lowest BCUT2D eigenvalue weighted by atomic mass is 10.0. The maximum atomic E-state index is 12.7. The number of alkyl halides is 2. The largest absolute Gasteiger partial charge is 0.333 e. The highest BCUT2D eigenvalue weighted by molar-refractivity contribution is 5.78. The van der Waals surface area contributed by atoms with Gasteiger partial charge >= 0.3 is 0 Å². The molecule has 0 aromatic rings. The Morgan fingerprint density at radius 3 is 2.67 bits per heavy atom. The van der Waals surface area contributed by atoms with Crippen LogP contribution >= 0.6 is 0 Å². The van der Waals surface area contributed by atoms with Crippen molar-refractivity contribution in [2.24, 2.45) is 0 Å². The molecule has 88 valence electrons. The molecule has 0 aliphatic carbocycles. The van der Waals surface area contributed by atoms with Crippen molar-refractivity contribution < 1.29 is 13.6 Å². The lowest BCUT2D eigenvalue weighted by Gasteiger charge is -2.35. The van der Waals surface area contributed by atoms with Gasteiger partial charge in [-0.3, -0.25) is 4.79 Å². The second kappa shape index (κ2) is 5.39. The molecule has 0 bridgehead atoms. The Kier molecular flexibility index (Phi) is 4.45. The highest BCUT2D eigenvalue weighted by Gasteiger charge is 2.32. The van der Waals surface area contributed by atoms with Crippen molar-refractivity contribution in [3.05, 3.63) is 0 Å². The van der Waals surface area contributed by atoms with Gasteiger partial charge < -0.3 is 9.80 Å². The number of piperidine rings is 1. The molecule has 0 aromatic heterocycles. The molecule has 1 aliphatic rings. The van der Waals surface area contributed by atoms with E-state index in [1.807, 2.05) is 0 Å². The highest BCUT2D eigenvalue weighted by atomic mass is 19.3. The number of carbonyl (C=O) groups excluding carboxylic acids is 1. The minimum Gasteiger partial charge on any atom is -0.333 e. The van der Waals surface area contributed by atoms with Crippen LogP contribution in [0.1, 0.15) is 19.3 Å². The number of likely N-dealkylation sites (tertiary alicyclic amines) is 1. The van der Waals surface area contributed by atoms with Crippen LogP contribution in [0.15, 0.2) is 0 Å². The van der Waals surface area contributed by atoms with Gasteiger partial charge in [-0.2, -0.15) is 0 Å². The van der Waals surface area contributed by atoms with E-state index in [0.717, 1.165) is 12.8 Å². The summed E-state index contributed by atoms with van der Waals surface area (Å²) in [7, 11) is 3.53. The monoisotopic (exact) mass is 220 g/mol. The van der Waals surface area contributed by atoms with Crippen LogP contribution in [0.4, 0.5) is 8.78 Å². The van der Waals surface area contributed by atoms with Gasteiger partial charge in [0.1, 0.15) is 0 Å². The van der Waals surface area contributed by atoms with Gasteiger partial charge in [0.2, 0.25) is 5.91 Å². The Morgan fingerprint density at radius 2 is 2.13 bits per heavy atom. The van der Waals surface area contributed by atoms with Crippen molar-refractivity contribution in [2.75, 3.05) is 27.2 Å². The topological polar surface area (TPSA) is 23.6 Å². The fourth-order valence-corrected chi connectivity index (χ4v) is 1.89. The SMILES string of the molecule is CN(C)CC(=O)N1CCCC[C@H]1C(F)F. The summed E-state index contributed by atoms with van der Waals surface area (Å²) in [6.45, 7) is 0.685. The molecule has 1 aliphatic heterocycles. The molecule has 0 saturated carbocycles. The summed E-state index contributed by atoms with van der Waals surface area (Å²) >= 11 is 0. The van der Waals surface area contributed by atoms with Crippen LogP contribution in [0, 0.1) is 0 Å². The molecule has 0 radical (unpaired) electrons. The molecule has 1 amide bonds. The number of likely N-dealkylation sites (N-methyl/N-ethyl adjacent to an activating group) is 1. The minimum atomic E-state index is -2.42. The first kappa shape index (κ1) is 12.4. The minimum absolute atomic E-state index is 0.190. The molecule has 1 fully saturated rings. The number of nitrogens with zero attached hydrogens (tertiary/aromatic N) is 2. The number of hydrogen-bond donors (Lipinski definition) is 0. The second-order valence-corrected chi connectivity index (χ2v) is 4.22. The first-order chi connectivity index (χ1) is 7.02. The zero-order chi connectivity index (χ0) is 11.4. The average molecular weight is 220 g/mol. The van der Waals surface area contributed by atoms with Gasteiger partial charge in [0, 0.05) is 6.54 Å². The van der Waals surface area contributed by atoms with Gasteiger partial charge in [0.25, 0.3) is 6.43 Å². The predicted molar refractivity (Wildman–Crippen MR) is 53.9 cm³/mol. The van der Waals surface area contributed by atoms with E-state index in [-0.39, 0.29) is 12.5 Å². The van der Waals surface area contributed by atoms with Crippen LogP contribution in [0.25, 0.3) is 0 Å². The van der Waals surface area contributed by atoms with Crippen molar-refractivity contribution in [1.29, 1.82) is 0 Å². The fourth-order valence-electron chi connectivity index (χ4n) is 1.89. The zero-order valence-corrected chi connectivity index (χ0v) is 9.25. The van der Waals surface area contributed by atoms with Crippen molar-refractivity contribution >= 4 is 5.91 Å². The highest BCUT2D eigenvalue weighted by Crippen LogP contribution is 2.22. The van der Waals surface area contributed by atoms with E-state index in [1.165, 1.54) is 4.90 Å². The average Bonchev–Trinajstić information content (AvgIpc) is 2.16. The van der Waals surface area contributed by atoms with Crippen LogP contribution in [0.2, 0.25) is 0 Å². The summed E-state index contributed by atoms with van der Waals surface area (Å²) in [6, 6.07) is -0.869. The number of rotatable bonds is 3. The Labute approximate surface area is 89.0 Å². The number of carbonyl (C=O) groups is 1. The summed E-state index contributed by atoms with van der Waals surface area (Å²) in [5.74, 6) is -0.190. The predicted octanol–water partition coefficient (Wildman–Crippen LogP) is 1.19. The van der Waals surface area contributed by atoms with Crippen molar-refractivity contribution in [1.82, 2.24) is 9.80 Å². The maximum Gasteiger partial charge on any atom is 0.258 e. The lowest BCUT2D eigenvalue weighted by molar-refractivity contribution is -0.139. The first-order valence-corrected chi connectivity index (χ1v) is 5.24. The fraction of sp³-hybridized carbons (Fsp3) is 0.900. The van der Waals surface area contributed by atoms with E-state index in [4.69, 9.17) is 0 Å². The summed E-state index contributed by atoms with van der Waals surface area (Å²) in [6.07, 6.45) is -0.364. The molecular formula is C10H18F2N2O. The van der Waals surface area contributed by atoms with Crippen LogP contribution in [-0.2, 0) is 4.79 Å². The van der Waals surface area contributed by atoms with Gasteiger partial charge in [-0.05, 0) is 33.4 Å². The van der Waals surface area contributed by atoms with E-state index >= 15 is 0 Å². The molecule has 0 spiro atoms. The maximum absolute atomic E-state index is 12.7. The normalized spacial score (nSPS) is 22.5. The number of amides is 1. The molecule has 15 heavy (non-hydrogen) atoms. The zero-order valence-electron chi connectivity index (χ0n) is 9.25. The Balaban J connectivity index is 2.59. The van der Waals surface area contributed by atoms with Crippen molar-refractivity contribution in [2.45, 2.75) is 31.7 Å². The van der Waals surface area contributed by atoms with E-state index in [2.05, 4.69) is 0 Å². The molecular weight excluding hydrogens is 202 g/mol. The summed E-state index contributed by atoms with van der Waals surface area (Å²) in [5, 5.41) is 0. The third-order valence-corrected chi connectivity index (χ3v) is 2.61. The van der Waals surface area contributed by atoms with Gasteiger partial charge in [-0.15, -0.1) is 0 Å². The molecule has 0 unspecified atom stereocenters. The molecule has 0 aromatic carbocycles. The first-order valence-electron chi connectivity index (χ1n) is 5.24. The summed E-state index contributed by atoms with van der Waals surface area (Å²) in [5.41, 5.74) is 0. The molecule has 1 atom stereocenters. The third-order valence-electron chi connectivity index (χ3n) is 2.61. The second-order valence-electron chi connectivity index (χ2n) is 4.22. The van der Waals surface area contributed by atoms with Crippen molar-refractivity contribution in [3.63, 3.8) is 0 Å². The summed E-state index contributed by atoms with van der Waals surface area (Å²) in [4.78, 5) is 14.7. The van der Waals surface area contributed by atoms with Crippen molar-refractivity contribution in [3.8, 4) is 0 Å². The Bertz CT molecular complexity index is 221. The van der Waals surface area contributed by atoms with E-state index in [0.29, 0.717) is 13.0 Å². The van der Waals surface area contributed by atoms with Gasteiger partial charge in [-0.25, -0.2) is 8.78 Å². The van der Waals surface area contributed by atoms with E-state index < -0.39 is 12.5 Å².